The monoisotopic (exact) mass is 432 g/mol. The molecule has 1 amide bonds. The molecule has 0 bridgehead atoms. The summed E-state index contributed by atoms with van der Waals surface area (Å²) in [5, 5.41) is 10.7. The number of carbonyl (C=O) groups is 1. The van der Waals surface area contributed by atoms with Crippen molar-refractivity contribution in [2.45, 2.75) is 12.8 Å². The molecule has 3 heterocycles. The molecule has 2 aromatic heterocycles. The molecule has 1 aliphatic carbocycles. The Bertz CT molecular complexity index is 1290. The number of amides is 1. The van der Waals surface area contributed by atoms with Crippen molar-refractivity contribution in [1.82, 2.24) is 24.5 Å². The number of halogens is 1. The first-order chi connectivity index (χ1) is 15.2. The number of anilines is 1. The lowest BCUT2D eigenvalue weighted by Crippen LogP contribution is -2.50. The number of para-hydroxylation sites is 1. The minimum atomic E-state index is 0.256. The van der Waals surface area contributed by atoms with Gasteiger partial charge in [-0.2, -0.15) is 0 Å². The molecule has 7 nitrogen and oxygen atoms in total. The molecule has 0 N–H and O–H groups in total. The van der Waals surface area contributed by atoms with Crippen molar-refractivity contribution in [3.8, 4) is 11.4 Å². The molecular weight excluding hydrogens is 412 g/mol. The first-order valence-corrected chi connectivity index (χ1v) is 11.0. The van der Waals surface area contributed by atoms with Gasteiger partial charge in [-0.1, -0.05) is 23.7 Å². The number of piperazine rings is 1. The predicted molar refractivity (Wildman–Crippen MR) is 120 cm³/mol. The Labute approximate surface area is 184 Å². The lowest BCUT2D eigenvalue weighted by molar-refractivity contribution is -0.132. The summed E-state index contributed by atoms with van der Waals surface area (Å²) in [6, 6.07) is 15.6. The van der Waals surface area contributed by atoms with Gasteiger partial charge in [-0.3, -0.25) is 4.79 Å². The van der Waals surface area contributed by atoms with E-state index in [4.69, 9.17) is 16.6 Å². The van der Waals surface area contributed by atoms with E-state index in [1.54, 1.807) is 0 Å². The smallest absolute Gasteiger partial charge is 0.225 e. The van der Waals surface area contributed by atoms with Crippen molar-refractivity contribution in [2.24, 2.45) is 5.92 Å². The maximum Gasteiger partial charge on any atom is 0.225 e. The van der Waals surface area contributed by atoms with Crippen LogP contribution in [0.1, 0.15) is 12.8 Å². The fourth-order valence-electron chi connectivity index (χ4n) is 4.28. The average Bonchev–Trinajstić information content (AvgIpc) is 3.57. The Balaban J connectivity index is 1.45. The third-order valence-electron chi connectivity index (χ3n) is 6.13. The summed E-state index contributed by atoms with van der Waals surface area (Å²) in [6.07, 6.45) is 2.08. The largest absolute Gasteiger partial charge is 0.339 e. The number of carbonyl (C=O) groups excluding carboxylic acids is 1. The highest BCUT2D eigenvalue weighted by molar-refractivity contribution is 6.30. The van der Waals surface area contributed by atoms with E-state index in [0.717, 1.165) is 59.8 Å². The normalized spacial score (nSPS) is 16.9. The molecule has 8 heteroatoms. The van der Waals surface area contributed by atoms with E-state index >= 15 is 0 Å². The molecule has 0 spiro atoms. The van der Waals surface area contributed by atoms with Gasteiger partial charge in [-0.25, -0.2) is 9.38 Å². The van der Waals surface area contributed by atoms with Gasteiger partial charge in [0, 0.05) is 48.1 Å². The second kappa shape index (κ2) is 7.20. The third-order valence-corrected chi connectivity index (χ3v) is 6.38. The molecule has 2 fully saturated rings. The molecule has 31 heavy (non-hydrogen) atoms. The van der Waals surface area contributed by atoms with E-state index in [1.807, 2.05) is 57.8 Å². The third kappa shape index (κ3) is 3.20. The second-order valence-electron chi connectivity index (χ2n) is 8.21. The minimum absolute atomic E-state index is 0.256. The number of aromatic nitrogens is 4. The average molecular weight is 433 g/mol. The van der Waals surface area contributed by atoms with Gasteiger partial charge in [-0.05, 0) is 49.2 Å². The Morgan fingerprint density at radius 3 is 2.42 bits per heavy atom. The zero-order chi connectivity index (χ0) is 20.9. The predicted octanol–water partition coefficient (Wildman–Crippen LogP) is 3.66. The fraction of sp³-hybridized carbons (Fsp3) is 0.304. The first-order valence-electron chi connectivity index (χ1n) is 10.6. The van der Waals surface area contributed by atoms with Gasteiger partial charge in [-0.15, -0.1) is 10.2 Å². The van der Waals surface area contributed by atoms with E-state index in [0.29, 0.717) is 24.0 Å². The fourth-order valence-corrected chi connectivity index (χ4v) is 4.41. The SMILES string of the molecule is O=C(C1CC1)N1CCN(c2nc3ccccc3c3nnc(-c4ccc(Cl)cc4)n23)CC1. The van der Waals surface area contributed by atoms with Gasteiger partial charge < -0.3 is 9.80 Å². The van der Waals surface area contributed by atoms with Crippen LogP contribution in [0, 0.1) is 5.92 Å². The lowest BCUT2D eigenvalue weighted by Gasteiger charge is -2.35. The van der Waals surface area contributed by atoms with Crippen LogP contribution in [0.15, 0.2) is 48.5 Å². The molecule has 0 unspecified atom stereocenters. The van der Waals surface area contributed by atoms with Crippen molar-refractivity contribution in [2.75, 3.05) is 31.1 Å². The van der Waals surface area contributed by atoms with E-state index in [2.05, 4.69) is 15.1 Å². The number of fused-ring (bicyclic) bond motifs is 3. The van der Waals surface area contributed by atoms with Crippen molar-refractivity contribution < 1.29 is 4.79 Å². The summed E-state index contributed by atoms with van der Waals surface area (Å²) in [7, 11) is 0. The van der Waals surface area contributed by atoms with Gasteiger partial charge in [0.25, 0.3) is 0 Å². The summed E-state index contributed by atoms with van der Waals surface area (Å²) in [5.74, 6) is 2.10. The van der Waals surface area contributed by atoms with E-state index in [1.165, 1.54) is 0 Å². The molecule has 1 saturated carbocycles. The molecule has 4 aromatic rings. The topological polar surface area (TPSA) is 66.6 Å². The van der Waals surface area contributed by atoms with Crippen LogP contribution in [-0.4, -0.2) is 56.6 Å². The second-order valence-corrected chi connectivity index (χ2v) is 8.64. The van der Waals surface area contributed by atoms with Crippen LogP contribution >= 0.6 is 11.6 Å². The Hall–Kier alpha value is -3.19. The molecule has 1 aliphatic heterocycles. The van der Waals surface area contributed by atoms with Crippen molar-refractivity contribution >= 4 is 40.0 Å². The summed E-state index contributed by atoms with van der Waals surface area (Å²) < 4.78 is 2.03. The molecule has 6 rings (SSSR count). The maximum absolute atomic E-state index is 12.5. The molecule has 1 saturated heterocycles. The van der Waals surface area contributed by atoms with Crippen molar-refractivity contribution in [3.63, 3.8) is 0 Å². The highest BCUT2D eigenvalue weighted by atomic mass is 35.5. The van der Waals surface area contributed by atoms with Crippen molar-refractivity contribution in [3.05, 3.63) is 53.6 Å². The number of nitrogens with zero attached hydrogens (tertiary/aromatic N) is 6. The van der Waals surface area contributed by atoms with E-state index in [-0.39, 0.29) is 5.92 Å². The van der Waals surface area contributed by atoms with Crippen LogP contribution in [0.25, 0.3) is 27.9 Å². The van der Waals surface area contributed by atoms with Crippen LogP contribution in [0.2, 0.25) is 5.02 Å². The Morgan fingerprint density at radius 2 is 1.68 bits per heavy atom. The van der Waals surface area contributed by atoms with Gasteiger partial charge in [0.05, 0.1) is 5.52 Å². The van der Waals surface area contributed by atoms with Gasteiger partial charge in [0.1, 0.15) is 0 Å². The summed E-state index contributed by atoms with van der Waals surface area (Å²) >= 11 is 6.09. The number of benzene rings is 2. The highest BCUT2D eigenvalue weighted by Crippen LogP contribution is 2.32. The molecule has 2 aliphatic rings. The maximum atomic E-state index is 12.5. The lowest BCUT2D eigenvalue weighted by atomic mass is 10.2. The van der Waals surface area contributed by atoms with Crippen LogP contribution < -0.4 is 4.90 Å². The molecule has 0 atom stereocenters. The van der Waals surface area contributed by atoms with Gasteiger partial charge in [0.2, 0.25) is 11.9 Å². The van der Waals surface area contributed by atoms with Crippen LogP contribution in [0.3, 0.4) is 0 Å². The quantitative estimate of drug-likeness (QED) is 0.494. The summed E-state index contributed by atoms with van der Waals surface area (Å²) in [6.45, 7) is 2.89. The number of hydrogen-bond donors (Lipinski definition) is 0. The molecule has 2 aromatic carbocycles. The van der Waals surface area contributed by atoms with Crippen LogP contribution in [-0.2, 0) is 4.79 Å². The zero-order valence-corrected chi connectivity index (χ0v) is 17.7. The zero-order valence-electron chi connectivity index (χ0n) is 16.9. The number of hydrogen-bond acceptors (Lipinski definition) is 5. The molecular formula is C23H21ClN6O. The number of rotatable bonds is 3. The Morgan fingerprint density at radius 1 is 0.935 bits per heavy atom. The van der Waals surface area contributed by atoms with Crippen LogP contribution in [0.5, 0.6) is 0 Å². The molecule has 0 radical (unpaired) electrons. The summed E-state index contributed by atoms with van der Waals surface area (Å²) in [5.41, 5.74) is 2.59. The van der Waals surface area contributed by atoms with Gasteiger partial charge in [0.15, 0.2) is 11.5 Å². The summed E-state index contributed by atoms with van der Waals surface area (Å²) in [4.78, 5) is 21.7. The van der Waals surface area contributed by atoms with E-state index < -0.39 is 0 Å². The minimum Gasteiger partial charge on any atom is -0.339 e. The Kier molecular flexibility index (Phi) is 4.31. The van der Waals surface area contributed by atoms with Gasteiger partial charge >= 0.3 is 0 Å². The standard InChI is InChI=1S/C23H21ClN6O/c24-17-9-7-15(8-10-17)20-26-27-21-18-3-1-2-4-19(18)25-23(30(20)21)29-13-11-28(12-14-29)22(31)16-5-6-16/h1-4,7-10,16H,5-6,11-14H2. The molecule has 156 valence electrons. The highest BCUT2D eigenvalue weighted by Gasteiger charge is 2.35. The van der Waals surface area contributed by atoms with Crippen molar-refractivity contribution in [1.29, 1.82) is 0 Å². The first kappa shape index (κ1) is 18.6. The van der Waals surface area contributed by atoms with Crippen LogP contribution in [0.4, 0.5) is 5.95 Å². The van der Waals surface area contributed by atoms with E-state index in [9.17, 15) is 4.79 Å².